The van der Waals surface area contributed by atoms with Crippen molar-refractivity contribution >= 4 is 34.6 Å². The number of halogens is 2. The van der Waals surface area contributed by atoms with Crippen LogP contribution in [-0.2, 0) is 5.88 Å². The van der Waals surface area contributed by atoms with Gasteiger partial charge in [-0.15, -0.1) is 11.6 Å². The van der Waals surface area contributed by atoms with Crippen molar-refractivity contribution in [2.75, 3.05) is 11.4 Å². The number of para-hydroxylation sites is 1. The SMILES string of the molecule is N#CCCN(c1ccccc1)c1cccc(Cl)c1CCl. The molecule has 0 N–H and O–H groups in total. The van der Waals surface area contributed by atoms with Crippen molar-refractivity contribution in [1.29, 1.82) is 5.26 Å². The lowest BCUT2D eigenvalue weighted by Gasteiger charge is -2.26. The zero-order valence-electron chi connectivity index (χ0n) is 10.9. The molecular weight excluding hydrogens is 291 g/mol. The smallest absolute Gasteiger partial charge is 0.0640 e. The van der Waals surface area contributed by atoms with Crippen LogP contribution in [0.15, 0.2) is 48.5 Å². The summed E-state index contributed by atoms with van der Waals surface area (Å²) in [7, 11) is 0. The fourth-order valence-corrected chi connectivity index (χ4v) is 2.68. The van der Waals surface area contributed by atoms with Crippen molar-refractivity contribution in [2.24, 2.45) is 0 Å². The maximum absolute atomic E-state index is 8.86. The largest absolute Gasteiger partial charge is 0.340 e. The Kier molecular flexibility index (Phi) is 5.29. The number of alkyl halides is 1. The maximum Gasteiger partial charge on any atom is 0.0640 e. The highest BCUT2D eigenvalue weighted by molar-refractivity contribution is 6.32. The molecular formula is C16H14Cl2N2. The van der Waals surface area contributed by atoms with Crippen LogP contribution in [0.1, 0.15) is 12.0 Å². The van der Waals surface area contributed by atoms with Crippen molar-refractivity contribution in [3.63, 3.8) is 0 Å². The summed E-state index contributed by atoms with van der Waals surface area (Å²) in [5.74, 6) is 0.338. The van der Waals surface area contributed by atoms with E-state index in [9.17, 15) is 0 Å². The summed E-state index contributed by atoms with van der Waals surface area (Å²) in [6, 6.07) is 17.8. The van der Waals surface area contributed by atoms with Crippen molar-refractivity contribution < 1.29 is 0 Å². The summed E-state index contributed by atoms with van der Waals surface area (Å²) in [5.41, 5.74) is 2.86. The van der Waals surface area contributed by atoms with E-state index in [0.717, 1.165) is 16.9 Å². The van der Waals surface area contributed by atoms with E-state index in [4.69, 9.17) is 28.5 Å². The number of nitriles is 1. The van der Waals surface area contributed by atoms with Crippen LogP contribution in [0.4, 0.5) is 11.4 Å². The van der Waals surface area contributed by atoms with Crippen LogP contribution in [0.3, 0.4) is 0 Å². The number of anilines is 2. The lowest BCUT2D eigenvalue weighted by atomic mass is 10.1. The first-order valence-corrected chi connectivity index (χ1v) is 7.22. The first kappa shape index (κ1) is 14.7. The highest BCUT2D eigenvalue weighted by atomic mass is 35.5. The Bertz CT molecular complexity index is 606. The molecule has 4 heteroatoms. The van der Waals surface area contributed by atoms with Gasteiger partial charge in [0, 0.05) is 28.5 Å². The molecule has 0 fully saturated rings. The molecule has 0 aliphatic heterocycles. The quantitative estimate of drug-likeness (QED) is 0.716. The summed E-state index contributed by atoms with van der Waals surface area (Å²) in [5, 5.41) is 9.51. The summed E-state index contributed by atoms with van der Waals surface area (Å²) >= 11 is 12.2. The molecule has 0 radical (unpaired) electrons. The van der Waals surface area contributed by atoms with Gasteiger partial charge in [0.2, 0.25) is 0 Å². The molecule has 102 valence electrons. The van der Waals surface area contributed by atoms with E-state index in [1.54, 1.807) is 0 Å². The number of benzene rings is 2. The Morgan fingerprint density at radius 3 is 2.45 bits per heavy atom. The van der Waals surface area contributed by atoms with Crippen LogP contribution < -0.4 is 4.90 Å². The van der Waals surface area contributed by atoms with Crippen molar-refractivity contribution in [3.05, 3.63) is 59.1 Å². The molecule has 0 unspecified atom stereocenters. The number of hydrogen-bond acceptors (Lipinski definition) is 2. The average Bonchev–Trinajstić information content (AvgIpc) is 2.49. The van der Waals surface area contributed by atoms with E-state index in [1.807, 2.05) is 48.5 Å². The number of hydrogen-bond donors (Lipinski definition) is 0. The predicted octanol–water partition coefficient (Wildman–Crippen LogP) is 5.13. The summed E-state index contributed by atoms with van der Waals surface area (Å²) < 4.78 is 0. The third-order valence-electron chi connectivity index (χ3n) is 3.03. The molecule has 0 aliphatic carbocycles. The summed E-state index contributed by atoms with van der Waals surface area (Å²) in [6.07, 6.45) is 0.434. The van der Waals surface area contributed by atoms with Crippen LogP contribution in [0.5, 0.6) is 0 Å². The molecule has 0 heterocycles. The van der Waals surface area contributed by atoms with Crippen LogP contribution >= 0.6 is 23.2 Å². The normalized spacial score (nSPS) is 10.1. The lowest BCUT2D eigenvalue weighted by Crippen LogP contribution is -2.19. The number of nitrogens with zero attached hydrogens (tertiary/aromatic N) is 2. The minimum atomic E-state index is 0.338. The molecule has 20 heavy (non-hydrogen) atoms. The van der Waals surface area contributed by atoms with Gasteiger partial charge in [0.15, 0.2) is 0 Å². The van der Waals surface area contributed by atoms with Gasteiger partial charge < -0.3 is 4.90 Å². The molecule has 2 nitrogen and oxygen atoms in total. The second kappa shape index (κ2) is 7.19. The molecule has 0 aliphatic rings. The van der Waals surface area contributed by atoms with Crippen LogP contribution in [-0.4, -0.2) is 6.54 Å². The van der Waals surface area contributed by atoms with Gasteiger partial charge >= 0.3 is 0 Å². The van der Waals surface area contributed by atoms with E-state index in [1.165, 1.54) is 0 Å². The van der Waals surface area contributed by atoms with E-state index in [0.29, 0.717) is 23.9 Å². The van der Waals surface area contributed by atoms with Gasteiger partial charge in [-0.05, 0) is 24.3 Å². The first-order valence-electron chi connectivity index (χ1n) is 6.31. The molecule has 0 spiro atoms. The maximum atomic E-state index is 8.86. The highest BCUT2D eigenvalue weighted by Crippen LogP contribution is 2.33. The van der Waals surface area contributed by atoms with Crippen molar-refractivity contribution in [1.82, 2.24) is 0 Å². The molecule has 0 aromatic heterocycles. The second-order valence-electron chi connectivity index (χ2n) is 4.27. The Morgan fingerprint density at radius 2 is 1.80 bits per heavy atom. The van der Waals surface area contributed by atoms with Gasteiger partial charge in [-0.25, -0.2) is 0 Å². The molecule has 2 aromatic rings. The minimum absolute atomic E-state index is 0.338. The molecule has 0 amide bonds. The van der Waals surface area contributed by atoms with Gasteiger partial charge in [0.05, 0.1) is 18.4 Å². The molecule has 0 saturated carbocycles. The Balaban J connectivity index is 2.47. The van der Waals surface area contributed by atoms with Gasteiger partial charge in [-0.2, -0.15) is 5.26 Å². The van der Waals surface area contributed by atoms with E-state index < -0.39 is 0 Å². The standard InChI is InChI=1S/C16H14Cl2N2/c17-12-14-15(18)8-4-9-16(14)20(11-5-10-19)13-6-2-1-3-7-13/h1-4,6-9H,5,11-12H2. The summed E-state index contributed by atoms with van der Waals surface area (Å²) in [6.45, 7) is 0.602. The predicted molar refractivity (Wildman–Crippen MR) is 84.7 cm³/mol. The molecule has 0 atom stereocenters. The van der Waals surface area contributed by atoms with Gasteiger partial charge in [-0.3, -0.25) is 0 Å². The van der Waals surface area contributed by atoms with Gasteiger partial charge in [0.25, 0.3) is 0 Å². The van der Waals surface area contributed by atoms with Crippen molar-refractivity contribution in [3.8, 4) is 6.07 Å². The zero-order chi connectivity index (χ0) is 14.4. The third kappa shape index (κ3) is 3.25. The number of rotatable bonds is 5. The monoisotopic (exact) mass is 304 g/mol. The van der Waals surface area contributed by atoms with Crippen LogP contribution in [0.25, 0.3) is 0 Å². The molecule has 0 bridgehead atoms. The van der Waals surface area contributed by atoms with Gasteiger partial charge in [0.1, 0.15) is 0 Å². The fraction of sp³-hybridized carbons (Fsp3) is 0.188. The Hall–Kier alpha value is -1.69. The Labute approximate surface area is 129 Å². The second-order valence-corrected chi connectivity index (χ2v) is 4.94. The van der Waals surface area contributed by atoms with E-state index in [2.05, 4.69) is 11.0 Å². The zero-order valence-corrected chi connectivity index (χ0v) is 12.4. The van der Waals surface area contributed by atoms with Gasteiger partial charge in [-0.1, -0.05) is 35.9 Å². The van der Waals surface area contributed by atoms with Crippen molar-refractivity contribution in [2.45, 2.75) is 12.3 Å². The lowest BCUT2D eigenvalue weighted by molar-refractivity contribution is 0.942. The summed E-state index contributed by atoms with van der Waals surface area (Å²) in [4.78, 5) is 2.08. The topological polar surface area (TPSA) is 27.0 Å². The molecule has 2 rings (SSSR count). The minimum Gasteiger partial charge on any atom is -0.340 e. The van der Waals surface area contributed by atoms with Crippen LogP contribution in [0.2, 0.25) is 5.02 Å². The third-order valence-corrected chi connectivity index (χ3v) is 3.66. The average molecular weight is 305 g/mol. The molecule has 0 saturated heterocycles. The first-order chi connectivity index (χ1) is 9.77. The fourth-order valence-electron chi connectivity index (χ4n) is 2.09. The van der Waals surface area contributed by atoms with E-state index in [-0.39, 0.29) is 0 Å². The highest BCUT2D eigenvalue weighted by Gasteiger charge is 2.14. The Morgan fingerprint density at radius 1 is 1.05 bits per heavy atom. The van der Waals surface area contributed by atoms with E-state index >= 15 is 0 Å². The van der Waals surface area contributed by atoms with Crippen LogP contribution in [0, 0.1) is 11.3 Å². The molecule has 2 aromatic carbocycles.